The monoisotopic (exact) mass is 959 g/mol. The van der Waals surface area contributed by atoms with Gasteiger partial charge in [0.05, 0.1) is 0 Å². The van der Waals surface area contributed by atoms with E-state index in [-0.39, 0.29) is 16.2 Å². The van der Waals surface area contributed by atoms with Crippen LogP contribution < -0.4 is 14.7 Å². The molecule has 364 valence electrons. The predicted octanol–water partition coefficient (Wildman–Crippen LogP) is 15.5. The maximum absolute atomic E-state index is 5.30. The molecule has 3 unspecified atom stereocenters. The van der Waals surface area contributed by atoms with Crippen LogP contribution in [0.1, 0.15) is 96.3 Å². The Bertz CT molecular complexity index is 3130. The Morgan fingerprint density at radius 1 is 0.397 bits per heavy atom. The molecule has 10 nitrogen and oxygen atoms in total. The van der Waals surface area contributed by atoms with Crippen LogP contribution >= 0.6 is 0 Å². The zero-order chi connectivity index (χ0) is 50.5. The van der Waals surface area contributed by atoms with Gasteiger partial charge < -0.3 is 0 Å². The quantitative estimate of drug-likeness (QED) is 0.137. The van der Waals surface area contributed by atoms with Gasteiger partial charge in [-0.2, -0.15) is 30.0 Å². The third kappa shape index (κ3) is 9.41. The fourth-order valence-electron chi connectivity index (χ4n) is 10.8. The molecule has 0 bridgehead atoms. The maximum atomic E-state index is 5.30. The number of aliphatic imine (C=N–C) groups is 6. The van der Waals surface area contributed by atoms with E-state index in [9.17, 15) is 0 Å². The van der Waals surface area contributed by atoms with Crippen molar-refractivity contribution in [2.24, 2.45) is 46.2 Å². The SMILES string of the molecule is CC(C)(C)CC(c1ccc(C2C(c3ccc(N(C4=NC5=NC(N(c6ccccc6)c6ccccc6)=NC6=NC(N(c7ccccc7)c7ccccc7)=NC(=N4)N65)c4ccccc4)cc3)C2(C)C)cc1)C(C)(C)C. The van der Waals surface area contributed by atoms with Crippen molar-refractivity contribution in [1.29, 1.82) is 0 Å². The molecule has 0 aromatic heterocycles. The molecule has 1 fully saturated rings. The van der Waals surface area contributed by atoms with Gasteiger partial charge in [0.2, 0.25) is 35.8 Å². The summed E-state index contributed by atoms with van der Waals surface area (Å²) in [7, 11) is 0. The summed E-state index contributed by atoms with van der Waals surface area (Å²) in [6, 6.07) is 69.3. The van der Waals surface area contributed by atoms with E-state index in [1.807, 2.05) is 149 Å². The van der Waals surface area contributed by atoms with Crippen LogP contribution in [0.15, 0.2) is 230 Å². The van der Waals surface area contributed by atoms with Crippen LogP contribution in [0, 0.1) is 16.2 Å². The molecule has 0 amide bonds. The number of guanidine groups is 6. The molecule has 10 heteroatoms. The molecule has 3 aliphatic heterocycles. The third-order valence-corrected chi connectivity index (χ3v) is 14.4. The summed E-state index contributed by atoms with van der Waals surface area (Å²) < 4.78 is 0. The second-order valence-corrected chi connectivity index (χ2v) is 22.2. The summed E-state index contributed by atoms with van der Waals surface area (Å²) in [5.74, 6) is 3.45. The zero-order valence-corrected chi connectivity index (χ0v) is 43.0. The number of hydrogen-bond donors (Lipinski definition) is 0. The van der Waals surface area contributed by atoms with Gasteiger partial charge in [-0.15, -0.1) is 0 Å². The molecular formula is C63H62N10. The lowest BCUT2D eigenvalue weighted by atomic mass is 9.69. The largest absolute Gasteiger partial charge is 0.279 e. The number of rotatable bonds is 10. The van der Waals surface area contributed by atoms with E-state index in [2.05, 4.69) is 121 Å². The second-order valence-electron chi connectivity index (χ2n) is 22.2. The Morgan fingerprint density at radius 3 is 0.973 bits per heavy atom. The first-order valence-electron chi connectivity index (χ1n) is 25.4. The van der Waals surface area contributed by atoms with Crippen LogP contribution in [0.5, 0.6) is 0 Å². The van der Waals surface area contributed by atoms with Gasteiger partial charge in [0.25, 0.3) is 0 Å². The van der Waals surface area contributed by atoms with E-state index in [4.69, 9.17) is 30.0 Å². The zero-order valence-electron chi connectivity index (χ0n) is 43.0. The van der Waals surface area contributed by atoms with Gasteiger partial charge in [0.15, 0.2) is 0 Å². The Hall–Kier alpha value is -8.24. The summed E-state index contributed by atoms with van der Waals surface area (Å²) in [4.78, 5) is 39.4. The molecule has 0 N–H and O–H groups in total. The molecule has 73 heavy (non-hydrogen) atoms. The van der Waals surface area contributed by atoms with Crippen molar-refractivity contribution in [3.8, 4) is 0 Å². The van der Waals surface area contributed by atoms with Crippen molar-refractivity contribution in [3.63, 3.8) is 0 Å². The van der Waals surface area contributed by atoms with E-state index in [1.54, 1.807) is 4.90 Å². The summed E-state index contributed by atoms with van der Waals surface area (Å²) in [5.41, 5.74) is 9.97. The lowest BCUT2D eigenvalue weighted by molar-refractivity contribution is 0.229. The van der Waals surface area contributed by atoms with Crippen molar-refractivity contribution < 1.29 is 0 Å². The van der Waals surface area contributed by atoms with Gasteiger partial charge in [-0.05, 0) is 130 Å². The molecule has 0 saturated heterocycles. The highest BCUT2D eigenvalue weighted by molar-refractivity contribution is 6.34. The smallest absolute Gasteiger partial charge is 0.246 e. The first kappa shape index (κ1) is 47.1. The second kappa shape index (κ2) is 18.7. The van der Waals surface area contributed by atoms with Crippen molar-refractivity contribution in [1.82, 2.24) is 4.90 Å². The summed E-state index contributed by atoms with van der Waals surface area (Å²) in [6.07, 6.45) is 1.15. The minimum atomic E-state index is 0.0922. The van der Waals surface area contributed by atoms with Gasteiger partial charge in [-0.25, -0.2) is 4.90 Å². The van der Waals surface area contributed by atoms with Crippen LogP contribution in [-0.4, -0.2) is 40.7 Å². The van der Waals surface area contributed by atoms with Crippen molar-refractivity contribution in [2.75, 3.05) is 14.7 Å². The molecule has 4 aliphatic rings. The standard InChI is InChI=1S/C63H62N10/c1-61(2,3)42-52(62(4,5)6)43-34-36-44(37-35-43)53-54(63(53,7)8)45-38-40-51(41-39-45)72(50-32-22-13-23-33-50)57-68-59-66-55(70(46-24-14-9-15-25-46)47-26-16-10-17-27-47)64-58-65-56(67-60(69-57)73(58)59)71(48-28-18-11-19-29-48)49-30-20-12-21-31-49/h9-41,52-54H,42H2,1-8H3. The molecule has 11 rings (SSSR count). The minimum absolute atomic E-state index is 0.0922. The number of benzene rings is 7. The Kier molecular flexibility index (Phi) is 12.1. The third-order valence-electron chi connectivity index (χ3n) is 14.4. The molecular weight excluding hydrogens is 897 g/mol. The van der Waals surface area contributed by atoms with E-state index in [0.717, 1.165) is 40.5 Å². The summed E-state index contributed by atoms with van der Waals surface area (Å²) in [6.45, 7) is 19.0. The topological polar surface area (TPSA) is 87.1 Å². The predicted molar refractivity (Wildman–Crippen MR) is 303 cm³/mol. The average molecular weight is 959 g/mol. The molecule has 0 spiro atoms. The van der Waals surface area contributed by atoms with E-state index in [1.165, 1.54) is 16.7 Å². The molecule has 1 saturated carbocycles. The molecule has 3 atom stereocenters. The lowest BCUT2D eigenvalue weighted by Crippen LogP contribution is -2.51. The van der Waals surface area contributed by atoms with Crippen LogP contribution in [0.3, 0.4) is 0 Å². The van der Waals surface area contributed by atoms with Gasteiger partial charge in [-0.3, -0.25) is 14.7 Å². The van der Waals surface area contributed by atoms with Crippen LogP contribution in [-0.2, 0) is 0 Å². The normalized spacial score (nSPS) is 18.2. The fraction of sp³-hybridized carbons (Fsp3) is 0.238. The average Bonchev–Trinajstić information content (AvgIpc) is 3.98. The maximum Gasteiger partial charge on any atom is 0.246 e. The highest BCUT2D eigenvalue weighted by atomic mass is 15.6. The lowest BCUT2D eigenvalue weighted by Gasteiger charge is -2.36. The molecule has 7 aromatic carbocycles. The Balaban J connectivity index is 1.00. The Labute approximate surface area is 430 Å². The number of hydrogen-bond acceptors (Lipinski definition) is 10. The van der Waals surface area contributed by atoms with Crippen LogP contribution in [0.25, 0.3) is 0 Å². The van der Waals surface area contributed by atoms with Gasteiger partial charge in [0, 0.05) is 34.1 Å². The van der Waals surface area contributed by atoms with Crippen molar-refractivity contribution >= 4 is 69.9 Å². The van der Waals surface area contributed by atoms with E-state index in [0.29, 0.717) is 53.5 Å². The van der Waals surface area contributed by atoms with Crippen molar-refractivity contribution in [3.05, 3.63) is 217 Å². The summed E-state index contributed by atoms with van der Waals surface area (Å²) in [5, 5.41) is 0. The minimum Gasteiger partial charge on any atom is -0.279 e. The Morgan fingerprint density at radius 2 is 0.685 bits per heavy atom. The van der Waals surface area contributed by atoms with Crippen molar-refractivity contribution in [2.45, 2.75) is 79.6 Å². The first-order chi connectivity index (χ1) is 35.2. The highest BCUT2D eigenvalue weighted by Crippen LogP contribution is 2.70. The van der Waals surface area contributed by atoms with Gasteiger partial charge in [0.1, 0.15) is 0 Å². The number of nitrogens with zero attached hydrogens (tertiary/aromatic N) is 10. The van der Waals surface area contributed by atoms with Gasteiger partial charge in [-0.1, -0.05) is 183 Å². The molecule has 3 heterocycles. The summed E-state index contributed by atoms with van der Waals surface area (Å²) >= 11 is 0. The molecule has 0 radical (unpaired) electrons. The number of para-hydroxylation sites is 5. The highest BCUT2D eigenvalue weighted by Gasteiger charge is 2.58. The van der Waals surface area contributed by atoms with E-state index < -0.39 is 0 Å². The van der Waals surface area contributed by atoms with Gasteiger partial charge >= 0.3 is 0 Å². The van der Waals surface area contributed by atoms with Crippen LogP contribution in [0.2, 0.25) is 0 Å². The fourth-order valence-corrected chi connectivity index (χ4v) is 10.8. The molecule has 1 aliphatic carbocycles. The number of anilines is 6. The first-order valence-corrected chi connectivity index (χ1v) is 25.4. The molecule has 7 aromatic rings. The van der Waals surface area contributed by atoms with E-state index >= 15 is 0 Å². The van der Waals surface area contributed by atoms with Crippen LogP contribution in [0.4, 0.5) is 34.1 Å².